The second kappa shape index (κ2) is 4.77. The minimum absolute atomic E-state index is 0.552. The van der Waals surface area contributed by atoms with Crippen LogP contribution < -0.4 is 4.74 Å². The SMILES string of the molecule is Cc1c(Cl)ccc(Oc2ccccc2)c1Cl. The molecule has 0 aromatic heterocycles. The van der Waals surface area contributed by atoms with E-state index in [1.54, 1.807) is 12.1 Å². The quantitative estimate of drug-likeness (QED) is 0.723. The first-order chi connectivity index (χ1) is 7.68. The third-order valence-electron chi connectivity index (χ3n) is 2.26. The first-order valence-electron chi connectivity index (χ1n) is 4.86. The first kappa shape index (κ1) is 11.3. The van der Waals surface area contributed by atoms with Crippen molar-refractivity contribution in [2.45, 2.75) is 6.92 Å². The van der Waals surface area contributed by atoms with E-state index in [1.165, 1.54) is 0 Å². The van der Waals surface area contributed by atoms with Gasteiger partial charge in [-0.1, -0.05) is 41.4 Å². The molecule has 0 aliphatic heterocycles. The summed E-state index contributed by atoms with van der Waals surface area (Å²) in [5.41, 5.74) is 0.830. The monoisotopic (exact) mass is 252 g/mol. The molecule has 0 fully saturated rings. The van der Waals surface area contributed by atoms with Crippen molar-refractivity contribution >= 4 is 23.2 Å². The van der Waals surface area contributed by atoms with Crippen molar-refractivity contribution in [3.8, 4) is 11.5 Å². The van der Waals surface area contributed by atoms with Gasteiger partial charge in [-0.3, -0.25) is 0 Å². The summed E-state index contributed by atoms with van der Waals surface area (Å²) in [6.45, 7) is 1.86. The molecule has 1 nitrogen and oxygen atoms in total. The molecule has 0 amide bonds. The van der Waals surface area contributed by atoms with E-state index in [9.17, 15) is 0 Å². The van der Waals surface area contributed by atoms with Gasteiger partial charge in [0.15, 0.2) is 0 Å². The van der Waals surface area contributed by atoms with Crippen LogP contribution in [0.1, 0.15) is 5.56 Å². The summed E-state index contributed by atoms with van der Waals surface area (Å²) in [6.07, 6.45) is 0. The van der Waals surface area contributed by atoms with Crippen molar-refractivity contribution in [2.75, 3.05) is 0 Å². The molecule has 0 saturated carbocycles. The Morgan fingerprint density at radius 1 is 0.938 bits per heavy atom. The van der Waals surface area contributed by atoms with Gasteiger partial charge in [-0.15, -0.1) is 0 Å². The summed E-state index contributed by atoms with van der Waals surface area (Å²) >= 11 is 12.1. The zero-order valence-corrected chi connectivity index (χ0v) is 10.2. The molecule has 0 heterocycles. The summed E-state index contributed by atoms with van der Waals surface area (Å²) in [6, 6.07) is 13.0. The maximum absolute atomic E-state index is 6.14. The standard InChI is InChI=1S/C13H10Cl2O/c1-9-11(14)7-8-12(13(9)15)16-10-5-3-2-4-6-10/h2-8H,1H3. The molecule has 82 valence electrons. The van der Waals surface area contributed by atoms with Crippen LogP contribution >= 0.6 is 23.2 Å². The Morgan fingerprint density at radius 3 is 2.31 bits per heavy atom. The van der Waals surface area contributed by atoms with E-state index in [0.29, 0.717) is 15.8 Å². The Morgan fingerprint density at radius 2 is 1.62 bits per heavy atom. The van der Waals surface area contributed by atoms with Crippen molar-refractivity contribution < 1.29 is 4.74 Å². The van der Waals surface area contributed by atoms with Gasteiger partial charge in [-0.25, -0.2) is 0 Å². The van der Waals surface area contributed by atoms with Gasteiger partial charge in [0.2, 0.25) is 0 Å². The summed E-state index contributed by atoms with van der Waals surface area (Å²) in [7, 11) is 0. The van der Waals surface area contributed by atoms with Gasteiger partial charge in [0, 0.05) is 5.02 Å². The van der Waals surface area contributed by atoms with Gasteiger partial charge in [-0.05, 0) is 36.8 Å². The Bertz CT molecular complexity index is 495. The van der Waals surface area contributed by atoms with Gasteiger partial charge in [-0.2, -0.15) is 0 Å². The molecule has 0 aliphatic rings. The summed E-state index contributed by atoms with van der Waals surface area (Å²) in [5.74, 6) is 1.38. The second-order valence-corrected chi connectivity index (χ2v) is 4.18. The molecular formula is C13H10Cl2O. The second-order valence-electron chi connectivity index (χ2n) is 3.40. The van der Waals surface area contributed by atoms with Crippen LogP contribution in [0.25, 0.3) is 0 Å². The number of ether oxygens (including phenoxy) is 1. The van der Waals surface area contributed by atoms with Gasteiger partial charge < -0.3 is 4.74 Å². The Balaban J connectivity index is 2.33. The number of hydrogen-bond donors (Lipinski definition) is 0. The highest BCUT2D eigenvalue weighted by Gasteiger charge is 2.08. The Labute approximate surface area is 105 Å². The fourth-order valence-corrected chi connectivity index (χ4v) is 1.74. The van der Waals surface area contributed by atoms with E-state index in [0.717, 1.165) is 11.3 Å². The molecule has 0 radical (unpaired) electrons. The zero-order valence-electron chi connectivity index (χ0n) is 8.71. The zero-order chi connectivity index (χ0) is 11.5. The summed E-state index contributed by atoms with van der Waals surface area (Å²) in [5, 5.41) is 1.20. The fraction of sp³-hybridized carbons (Fsp3) is 0.0769. The lowest BCUT2D eigenvalue weighted by atomic mass is 10.2. The first-order valence-corrected chi connectivity index (χ1v) is 5.61. The minimum Gasteiger partial charge on any atom is -0.456 e. The topological polar surface area (TPSA) is 9.23 Å². The van der Waals surface area contributed by atoms with Crippen LogP contribution in [0.15, 0.2) is 42.5 Å². The molecular weight excluding hydrogens is 243 g/mol. The lowest BCUT2D eigenvalue weighted by Crippen LogP contribution is -1.87. The van der Waals surface area contributed by atoms with E-state index in [1.807, 2.05) is 37.3 Å². The van der Waals surface area contributed by atoms with Crippen LogP contribution in [0.5, 0.6) is 11.5 Å². The fourth-order valence-electron chi connectivity index (χ4n) is 1.33. The van der Waals surface area contributed by atoms with Crippen molar-refractivity contribution in [1.29, 1.82) is 0 Å². The van der Waals surface area contributed by atoms with E-state index in [4.69, 9.17) is 27.9 Å². The maximum atomic E-state index is 6.14. The van der Waals surface area contributed by atoms with Gasteiger partial charge in [0.05, 0.1) is 5.02 Å². The molecule has 0 spiro atoms. The number of benzene rings is 2. The van der Waals surface area contributed by atoms with Crippen LogP contribution in [0, 0.1) is 6.92 Å². The molecule has 0 aliphatic carbocycles. The van der Waals surface area contributed by atoms with Gasteiger partial charge in [0.25, 0.3) is 0 Å². The normalized spacial score (nSPS) is 10.2. The highest BCUT2D eigenvalue weighted by molar-refractivity contribution is 6.36. The average molecular weight is 253 g/mol. The average Bonchev–Trinajstić information content (AvgIpc) is 2.31. The lowest BCUT2D eigenvalue weighted by Gasteiger charge is -2.09. The van der Waals surface area contributed by atoms with Crippen molar-refractivity contribution in [2.24, 2.45) is 0 Å². The van der Waals surface area contributed by atoms with Crippen molar-refractivity contribution in [3.05, 3.63) is 58.1 Å². The predicted octanol–water partition coefficient (Wildman–Crippen LogP) is 5.09. The molecule has 2 aromatic rings. The highest BCUT2D eigenvalue weighted by atomic mass is 35.5. The number of rotatable bonds is 2. The van der Waals surface area contributed by atoms with Crippen LogP contribution in [0.4, 0.5) is 0 Å². The molecule has 2 rings (SSSR count). The summed E-state index contributed by atoms with van der Waals surface area (Å²) in [4.78, 5) is 0. The predicted molar refractivity (Wildman–Crippen MR) is 67.7 cm³/mol. The Hall–Kier alpha value is -1.18. The third-order valence-corrected chi connectivity index (χ3v) is 3.14. The molecule has 2 aromatic carbocycles. The van der Waals surface area contributed by atoms with Gasteiger partial charge in [0.1, 0.15) is 11.5 Å². The molecule has 0 N–H and O–H groups in total. The van der Waals surface area contributed by atoms with Gasteiger partial charge >= 0.3 is 0 Å². The molecule has 0 bridgehead atoms. The van der Waals surface area contributed by atoms with Crippen LogP contribution in [-0.2, 0) is 0 Å². The van der Waals surface area contributed by atoms with Crippen molar-refractivity contribution in [1.82, 2.24) is 0 Å². The van der Waals surface area contributed by atoms with E-state index in [-0.39, 0.29) is 0 Å². The van der Waals surface area contributed by atoms with Crippen molar-refractivity contribution in [3.63, 3.8) is 0 Å². The largest absolute Gasteiger partial charge is 0.456 e. The lowest BCUT2D eigenvalue weighted by molar-refractivity contribution is 0.482. The number of para-hydroxylation sites is 1. The van der Waals surface area contributed by atoms with E-state index >= 15 is 0 Å². The molecule has 0 saturated heterocycles. The van der Waals surface area contributed by atoms with E-state index in [2.05, 4.69) is 0 Å². The molecule has 0 atom stereocenters. The highest BCUT2D eigenvalue weighted by Crippen LogP contribution is 2.35. The molecule has 0 unspecified atom stereocenters. The van der Waals surface area contributed by atoms with E-state index < -0.39 is 0 Å². The number of hydrogen-bond acceptors (Lipinski definition) is 1. The van der Waals surface area contributed by atoms with Crippen LogP contribution in [0.2, 0.25) is 10.0 Å². The minimum atomic E-state index is 0.552. The number of halogens is 2. The third kappa shape index (κ3) is 2.31. The molecule has 16 heavy (non-hydrogen) atoms. The smallest absolute Gasteiger partial charge is 0.146 e. The molecule has 3 heteroatoms. The maximum Gasteiger partial charge on any atom is 0.146 e. The van der Waals surface area contributed by atoms with Crippen LogP contribution in [0.3, 0.4) is 0 Å². The Kier molecular flexibility index (Phi) is 3.37. The van der Waals surface area contributed by atoms with Crippen LogP contribution in [-0.4, -0.2) is 0 Å². The summed E-state index contributed by atoms with van der Waals surface area (Å²) < 4.78 is 5.65.